The topological polar surface area (TPSA) is 107 Å². The number of rotatable bonds is 4. The molecule has 2 aromatic rings. The lowest BCUT2D eigenvalue weighted by molar-refractivity contribution is -0.120. The molecule has 2 aromatic heterocycles. The van der Waals surface area contributed by atoms with E-state index in [-0.39, 0.29) is 34.5 Å². The smallest absolute Gasteiger partial charge is 0.249 e. The van der Waals surface area contributed by atoms with Gasteiger partial charge >= 0.3 is 0 Å². The van der Waals surface area contributed by atoms with E-state index in [1.807, 2.05) is 13.8 Å². The van der Waals surface area contributed by atoms with Crippen molar-refractivity contribution in [3.05, 3.63) is 23.0 Å². The predicted molar refractivity (Wildman–Crippen MR) is 154 cm³/mol. The van der Waals surface area contributed by atoms with E-state index in [0.717, 1.165) is 55.8 Å². The summed E-state index contributed by atoms with van der Waals surface area (Å²) in [4.78, 5) is 47.5. The molecule has 4 heterocycles. The Morgan fingerprint density at radius 2 is 1.33 bits per heavy atom. The van der Waals surface area contributed by atoms with Gasteiger partial charge in [-0.15, -0.1) is 0 Å². The number of likely N-dealkylation sites (N-methyl/N-ethyl adjacent to an activating group) is 1. The quantitative estimate of drug-likeness (QED) is 0.493. The highest BCUT2D eigenvalue weighted by Gasteiger charge is 2.41. The molecule has 0 spiro atoms. The first-order valence-corrected chi connectivity index (χ1v) is 14.8. The molecule has 0 saturated heterocycles. The van der Waals surface area contributed by atoms with Crippen LogP contribution >= 0.6 is 23.2 Å². The van der Waals surface area contributed by atoms with Crippen LogP contribution in [0.3, 0.4) is 0 Å². The van der Waals surface area contributed by atoms with E-state index in [4.69, 9.17) is 23.2 Å². The molecule has 4 aliphatic rings. The number of fused-ring (bicyclic) bond motifs is 2. The average Bonchev–Trinajstić information content (AvgIpc) is 3.65. The molecule has 39 heavy (non-hydrogen) atoms. The predicted octanol–water partition coefficient (Wildman–Crippen LogP) is 5.24. The fourth-order valence-corrected chi connectivity index (χ4v) is 6.74. The van der Waals surface area contributed by atoms with Crippen LogP contribution in [0, 0.1) is 0 Å². The number of nitrogens with zero attached hydrogens (tertiary/aromatic N) is 7. The molecule has 6 rings (SSSR count). The number of amides is 2. The van der Waals surface area contributed by atoms with Gasteiger partial charge in [-0.05, 0) is 61.7 Å². The van der Waals surface area contributed by atoms with Crippen molar-refractivity contribution in [2.24, 2.45) is 0 Å². The van der Waals surface area contributed by atoms with Crippen molar-refractivity contribution in [3.63, 3.8) is 0 Å². The monoisotopic (exact) mass is 574 g/mol. The van der Waals surface area contributed by atoms with E-state index >= 15 is 0 Å². The van der Waals surface area contributed by atoms with E-state index in [1.165, 1.54) is 25.7 Å². The Morgan fingerprint density at radius 3 is 1.90 bits per heavy atom. The Balaban J connectivity index is 0.000000158. The van der Waals surface area contributed by atoms with Crippen LogP contribution in [0.2, 0.25) is 10.6 Å². The molecule has 2 atom stereocenters. The maximum absolute atomic E-state index is 12.6. The maximum Gasteiger partial charge on any atom is 0.249 e. The lowest BCUT2D eigenvalue weighted by Crippen LogP contribution is -2.55. The van der Waals surface area contributed by atoms with Gasteiger partial charge in [-0.1, -0.05) is 39.5 Å². The summed E-state index contributed by atoms with van der Waals surface area (Å²) < 4.78 is 0. The summed E-state index contributed by atoms with van der Waals surface area (Å²) >= 11 is 11.9. The molecule has 0 bridgehead atoms. The fraction of sp³-hybridized carbons (Fsp3) is 0.630. The summed E-state index contributed by atoms with van der Waals surface area (Å²) in [5.74, 6) is 1.75. The lowest BCUT2D eigenvalue weighted by atomic mass is 10.0. The molecule has 2 saturated carbocycles. The second-order valence-electron chi connectivity index (χ2n) is 10.6. The Kier molecular flexibility index (Phi) is 8.42. The first-order valence-electron chi connectivity index (χ1n) is 14.0. The Bertz CT molecular complexity index is 1220. The molecule has 1 N–H and O–H groups in total. The van der Waals surface area contributed by atoms with Gasteiger partial charge in [0.1, 0.15) is 23.5 Å². The van der Waals surface area contributed by atoms with Gasteiger partial charge in [-0.2, -0.15) is 9.97 Å². The summed E-state index contributed by atoms with van der Waals surface area (Å²) in [6.07, 6.45) is 14.1. The molecule has 10 nitrogen and oxygen atoms in total. The van der Waals surface area contributed by atoms with E-state index in [1.54, 1.807) is 24.3 Å². The zero-order chi connectivity index (χ0) is 27.7. The zero-order valence-electron chi connectivity index (χ0n) is 22.7. The number of aromatic nitrogens is 4. The second-order valence-corrected chi connectivity index (χ2v) is 11.3. The molecule has 2 amide bonds. The van der Waals surface area contributed by atoms with Crippen molar-refractivity contribution < 1.29 is 9.59 Å². The molecule has 2 aliphatic heterocycles. The largest absolute Gasteiger partial charge is 0.340 e. The summed E-state index contributed by atoms with van der Waals surface area (Å²) in [6, 6.07) is 0.492. The van der Waals surface area contributed by atoms with Gasteiger partial charge in [0.2, 0.25) is 22.4 Å². The number of hydrogen-bond donors (Lipinski definition) is 1. The van der Waals surface area contributed by atoms with Crippen LogP contribution in [-0.4, -0.2) is 63.0 Å². The third-order valence-electron chi connectivity index (χ3n) is 8.37. The minimum atomic E-state index is -0.151. The minimum absolute atomic E-state index is 0.0350. The molecule has 2 fully saturated rings. The summed E-state index contributed by atoms with van der Waals surface area (Å²) in [6.45, 7) is 4.08. The van der Waals surface area contributed by atoms with Gasteiger partial charge in [0.05, 0.1) is 12.4 Å². The van der Waals surface area contributed by atoms with Gasteiger partial charge in [0, 0.05) is 19.1 Å². The third-order valence-corrected chi connectivity index (χ3v) is 8.73. The summed E-state index contributed by atoms with van der Waals surface area (Å²) in [5.41, 5.74) is 1.43. The molecule has 0 unspecified atom stereocenters. The van der Waals surface area contributed by atoms with E-state index in [2.05, 4.69) is 35.1 Å². The molecule has 210 valence electrons. The third kappa shape index (κ3) is 5.37. The van der Waals surface area contributed by atoms with Gasteiger partial charge in [0.15, 0.2) is 11.6 Å². The first-order chi connectivity index (χ1) is 18.8. The average molecular weight is 576 g/mol. The molecular formula is C27H36Cl2N8O2. The summed E-state index contributed by atoms with van der Waals surface area (Å²) in [5, 5.41) is 3.35. The van der Waals surface area contributed by atoms with Crippen LogP contribution in [0.25, 0.3) is 0 Å². The van der Waals surface area contributed by atoms with Crippen molar-refractivity contribution in [2.45, 2.75) is 102 Å². The SMILES string of the molecule is CC[C@H]1C(=O)N(C)c2cnc(Cl)nc2N1C1CCCC1.CC[C@H]1C(=O)Nc2cnc(Cl)nc2N1C1CCCC1. The van der Waals surface area contributed by atoms with Crippen LogP contribution < -0.4 is 20.0 Å². The van der Waals surface area contributed by atoms with Gasteiger partial charge in [0.25, 0.3) is 0 Å². The molecular weight excluding hydrogens is 539 g/mol. The number of hydrogen-bond acceptors (Lipinski definition) is 8. The van der Waals surface area contributed by atoms with Crippen molar-refractivity contribution in [1.29, 1.82) is 0 Å². The van der Waals surface area contributed by atoms with Crippen molar-refractivity contribution in [2.75, 3.05) is 27.1 Å². The second kappa shape index (κ2) is 11.8. The van der Waals surface area contributed by atoms with Crippen molar-refractivity contribution >= 4 is 58.0 Å². The van der Waals surface area contributed by atoms with Crippen molar-refractivity contribution in [1.82, 2.24) is 19.9 Å². The summed E-state index contributed by atoms with van der Waals surface area (Å²) in [7, 11) is 1.78. The zero-order valence-corrected chi connectivity index (χ0v) is 24.2. The Hall–Kier alpha value is -2.72. The number of nitrogens with one attached hydrogen (secondary N) is 1. The Morgan fingerprint density at radius 1 is 0.821 bits per heavy atom. The number of carbonyl (C=O) groups excluding carboxylic acids is 2. The van der Waals surface area contributed by atoms with Crippen LogP contribution in [-0.2, 0) is 9.59 Å². The normalized spacial score (nSPS) is 23.4. The molecule has 2 aliphatic carbocycles. The van der Waals surface area contributed by atoms with Crippen LogP contribution in [0.1, 0.15) is 78.1 Å². The number of anilines is 4. The standard InChI is InChI=1S/C14H19ClN4O.C13H17ClN4O/c1-3-10-13(20)18(2)11-8-16-14(15)17-12(11)19(10)9-6-4-5-7-9;1-2-10-12(19)16-9-7-15-13(14)17-11(9)18(10)8-5-3-4-6-8/h8-10H,3-7H2,1-2H3;7-8,10H,2-6H2,1H3,(H,16,19)/t2*10-/m00/s1. The minimum Gasteiger partial charge on any atom is -0.340 e. The highest BCUT2D eigenvalue weighted by Crippen LogP contribution is 2.40. The van der Waals surface area contributed by atoms with E-state index in [9.17, 15) is 9.59 Å². The van der Waals surface area contributed by atoms with Gasteiger partial charge in [-0.25, -0.2) is 9.97 Å². The van der Waals surface area contributed by atoms with E-state index < -0.39 is 0 Å². The van der Waals surface area contributed by atoms with Gasteiger partial charge in [-0.3, -0.25) is 9.59 Å². The van der Waals surface area contributed by atoms with Crippen LogP contribution in [0.5, 0.6) is 0 Å². The molecule has 0 radical (unpaired) electrons. The highest BCUT2D eigenvalue weighted by molar-refractivity contribution is 6.28. The van der Waals surface area contributed by atoms with Crippen LogP contribution in [0.15, 0.2) is 12.4 Å². The maximum atomic E-state index is 12.6. The number of halogens is 2. The fourth-order valence-electron chi connectivity index (χ4n) is 6.48. The van der Waals surface area contributed by atoms with E-state index in [0.29, 0.717) is 17.8 Å². The number of carbonyl (C=O) groups is 2. The Labute approximate surface area is 239 Å². The first kappa shape index (κ1) is 27.8. The molecule has 0 aromatic carbocycles. The van der Waals surface area contributed by atoms with Gasteiger partial charge < -0.3 is 20.0 Å². The molecule has 12 heteroatoms. The van der Waals surface area contributed by atoms with Crippen molar-refractivity contribution in [3.8, 4) is 0 Å². The van der Waals surface area contributed by atoms with Crippen LogP contribution in [0.4, 0.5) is 23.0 Å². The lowest BCUT2D eigenvalue weighted by Gasteiger charge is -2.43. The highest BCUT2D eigenvalue weighted by atomic mass is 35.5.